The van der Waals surface area contributed by atoms with Gasteiger partial charge >= 0.3 is 0 Å². The maximum atomic E-state index is 11.8. The molecule has 32 heavy (non-hydrogen) atoms. The summed E-state index contributed by atoms with van der Waals surface area (Å²) in [5, 5.41) is 9.39. The van der Waals surface area contributed by atoms with Gasteiger partial charge in [0.2, 0.25) is 0 Å². The van der Waals surface area contributed by atoms with Crippen LogP contribution in [-0.4, -0.2) is 30.6 Å². The lowest BCUT2D eigenvalue weighted by Crippen LogP contribution is -2.05. The summed E-state index contributed by atoms with van der Waals surface area (Å²) >= 11 is 12.5. The van der Waals surface area contributed by atoms with Crippen molar-refractivity contribution < 1.29 is 8.95 Å². The summed E-state index contributed by atoms with van der Waals surface area (Å²) in [5.74, 6) is 0.643. The zero-order valence-corrected chi connectivity index (χ0v) is 19.5. The summed E-state index contributed by atoms with van der Waals surface area (Å²) in [6, 6.07) is 9.00. The maximum Gasteiger partial charge on any atom is 0.135 e. The molecule has 3 aromatic heterocycles. The summed E-state index contributed by atoms with van der Waals surface area (Å²) < 4.78 is 25.5. The Morgan fingerprint density at radius 2 is 1.88 bits per heavy atom. The van der Waals surface area contributed by atoms with Crippen LogP contribution < -0.4 is 4.74 Å². The van der Waals surface area contributed by atoms with Crippen LogP contribution in [-0.2, 0) is 9.73 Å². The molecule has 0 aliphatic heterocycles. The fourth-order valence-electron chi connectivity index (χ4n) is 3.18. The molecule has 2 atom stereocenters. The van der Waals surface area contributed by atoms with E-state index in [0.717, 1.165) is 22.2 Å². The number of nitrogens with one attached hydrogen (secondary N) is 2. The van der Waals surface area contributed by atoms with Crippen LogP contribution in [0.2, 0.25) is 10.0 Å². The van der Waals surface area contributed by atoms with Crippen LogP contribution in [0.3, 0.4) is 0 Å². The van der Waals surface area contributed by atoms with Gasteiger partial charge in [0.15, 0.2) is 0 Å². The topological polar surface area (TPSA) is 105 Å². The van der Waals surface area contributed by atoms with Gasteiger partial charge in [0, 0.05) is 35.8 Å². The largest absolute Gasteiger partial charge is 0.486 e. The lowest BCUT2D eigenvalue weighted by Gasteiger charge is -2.17. The van der Waals surface area contributed by atoms with Crippen LogP contribution in [0, 0.1) is 4.78 Å². The average Bonchev–Trinajstić information content (AvgIpc) is 3.14. The van der Waals surface area contributed by atoms with Crippen molar-refractivity contribution in [2.75, 3.05) is 6.26 Å². The van der Waals surface area contributed by atoms with E-state index in [2.05, 4.69) is 20.2 Å². The van der Waals surface area contributed by atoms with E-state index in [1.807, 2.05) is 37.3 Å². The van der Waals surface area contributed by atoms with Crippen LogP contribution in [0.1, 0.15) is 29.8 Å². The van der Waals surface area contributed by atoms with Crippen molar-refractivity contribution in [2.45, 2.75) is 18.1 Å². The number of benzene rings is 1. The Labute approximate surface area is 195 Å². The highest BCUT2D eigenvalue weighted by Gasteiger charge is 2.16. The highest BCUT2D eigenvalue weighted by molar-refractivity contribution is 7.91. The highest BCUT2D eigenvalue weighted by Crippen LogP contribution is 2.33. The van der Waals surface area contributed by atoms with Crippen LogP contribution in [0.25, 0.3) is 23.1 Å². The van der Waals surface area contributed by atoms with Crippen molar-refractivity contribution in [1.82, 2.24) is 20.2 Å². The quantitative estimate of drug-likeness (QED) is 0.346. The number of fused-ring (bicyclic) bond motifs is 1. The first-order chi connectivity index (χ1) is 15.2. The maximum absolute atomic E-state index is 11.8. The standard InChI is InChI=1S/C22H19Cl2N5O2S/c1-13(22-17(23)11-26-12-18(22)24)31-15-5-7-20-16(9-15)19(28-29-20)6-3-14-4-8-21(27-10-14)32(2,25)30/h3-13,25H,1-2H3,(H,28,29)/b6-3+/t13-,32?/m1/s1. The van der Waals surface area contributed by atoms with Crippen molar-refractivity contribution in [1.29, 1.82) is 4.78 Å². The predicted octanol–water partition coefficient (Wildman–Crippen LogP) is 6.01. The minimum Gasteiger partial charge on any atom is -0.486 e. The molecule has 0 bridgehead atoms. The van der Waals surface area contributed by atoms with E-state index >= 15 is 0 Å². The Bertz CT molecular complexity index is 1400. The fraction of sp³-hybridized carbons (Fsp3) is 0.136. The van der Waals surface area contributed by atoms with E-state index in [-0.39, 0.29) is 11.1 Å². The van der Waals surface area contributed by atoms with Crippen molar-refractivity contribution in [3.8, 4) is 5.75 Å². The van der Waals surface area contributed by atoms with E-state index in [0.29, 0.717) is 21.4 Å². The molecule has 164 valence electrons. The molecule has 1 unspecified atom stereocenters. The first-order valence-corrected chi connectivity index (χ1v) is 12.3. The smallest absolute Gasteiger partial charge is 0.135 e. The van der Waals surface area contributed by atoms with Gasteiger partial charge in [-0.25, -0.2) is 14.0 Å². The molecule has 2 N–H and O–H groups in total. The van der Waals surface area contributed by atoms with Gasteiger partial charge in [0.05, 0.1) is 31.0 Å². The molecule has 0 radical (unpaired) electrons. The number of hydrogen-bond donors (Lipinski definition) is 2. The first-order valence-electron chi connectivity index (χ1n) is 9.54. The molecule has 10 heteroatoms. The monoisotopic (exact) mass is 487 g/mol. The third-order valence-corrected chi connectivity index (χ3v) is 6.41. The highest BCUT2D eigenvalue weighted by atomic mass is 35.5. The molecule has 1 aromatic carbocycles. The Kier molecular flexibility index (Phi) is 6.19. The third kappa shape index (κ3) is 4.77. The molecular formula is C22H19Cl2N5O2S. The number of ether oxygens (including phenoxy) is 1. The summed E-state index contributed by atoms with van der Waals surface area (Å²) in [6.07, 6.45) is 9.32. The van der Waals surface area contributed by atoms with Crippen molar-refractivity contribution in [2.24, 2.45) is 0 Å². The van der Waals surface area contributed by atoms with E-state index in [4.69, 9.17) is 32.7 Å². The molecule has 0 spiro atoms. The van der Waals surface area contributed by atoms with E-state index in [1.54, 1.807) is 18.3 Å². The molecule has 4 rings (SSSR count). The number of aromatic nitrogens is 4. The predicted molar refractivity (Wildman–Crippen MR) is 128 cm³/mol. The minimum absolute atomic E-state index is 0.255. The molecule has 0 aliphatic rings. The van der Waals surface area contributed by atoms with Crippen LogP contribution in [0.15, 0.2) is 53.9 Å². The minimum atomic E-state index is -2.83. The average molecular weight is 488 g/mol. The Morgan fingerprint density at radius 1 is 1.12 bits per heavy atom. The van der Waals surface area contributed by atoms with Gasteiger partial charge in [0.25, 0.3) is 0 Å². The number of nitrogens with zero attached hydrogens (tertiary/aromatic N) is 3. The summed E-state index contributed by atoms with van der Waals surface area (Å²) in [5.41, 5.74) is 3.06. The number of H-pyrrole nitrogens is 1. The van der Waals surface area contributed by atoms with E-state index < -0.39 is 9.73 Å². The second-order valence-corrected chi connectivity index (χ2v) is 10.1. The van der Waals surface area contributed by atoms with Gasteiger partial charge in [-0.3, -0.25) is 10.1 Å². The number of hydrogen-bond acceptors (Lipinski definition) is 6. The number of aromatic amines is 1. The Hall–Kier alpha value is -2.94. The fourth-order valence-corrected chi connectivity index (χ4v) is 4.44. The molecular weight excluding hydrogens is 469 g/mol. The summed E-state index contributed by atoms with van der Waals surface area (Å²) in [6.45, 7) is 1.87. The summed E-state index contributed by atoms with van der Waals surface area (Å²) in [7, 11) is -2.83. The number of halogens is 2. The SMILES string of the molecule is C[C@@H](Oc1ccc2[nH]nc(/C=C/c3ccc(S(C)(=N)=O)nc3)c2c1)c1c(Cl)cncc1Cl. The van der Waals surface area contributed by atoms with Gasteiger partial charge in [-0.15, -0.1) is 0 Å². The van der Waals surface area contributed by atoms with Gasteiger partial charge in [-0.05, 0) is 42.8 Å². The third-order valence-electron chi connectivity index (χ3n) is 4.77. The second kappa shape index (κ2) is 8.90. The van der Waals surface area contributed by atoms with Crippen LogP contribution >= 0.6 is 23.2 Å². The number of pyridine rings is 2. The Balaban J connectivity index is 1.58. The zero-order valence-electron chi connectivity index (χ0n) is 17.2. The Morgan fingerprint density at radius 3 is 2.53 bits per heavy atom. The van der Waals surface area contributed by atoms with Crippen molar-refractivity contribution in [3.63, 3.8) is 0 Å². The molecule has 0 saturated carbocycles. The lowest BCUT2D eigenvalue weighted by atomic mass is 10.1. The van der Waals surface area contributed by atoms with E-state index in [1.165, 1.54) is 18.6 Å². The van der Waals surface area contributed by atoms with Crippen LogP contribution in [0.4, 0.5) is 0 Å². The first kappa shape index (κ1) is 22.3. The lowest BCUT2D eigenvalue weighted by molar-refractivity contribution is 0.227. The van der Waals surface area contributed by atoms with Crippen LogP contribution in [0.5, 0.6) is 5.75 Å². The van der Waals surface area contributed by atoms with Gasteiger partial charge in [-0.2, -0.15) is 5.10 Å². The zero-order chi connectivity index (χ0) is 22.9. The molecule has 0 amide bonds. The molecule has 3 heterocycles. The van der Waals surface area contributed by atoms with E-state index in [9.17, 15) is 4.21 Å². The second-order valence-electron chi connectivity index (χ2n) is 7.20. The van der Waals surface area contributed by atoms with Crippen molar-refractivity contribution in [3.05, 3.63) is 75.8 Å². The molecule has 7 nitrogen and oxygen atoms in total. The van der Waals surface area contributed by atoms with Gasteiger partial charge < -0.3 is 4.74 Å². The molecule has 0 saturated heterocycles. The molecule has 4 aromatic rings. The molecule has 0 aliphatic carbocycles. The van der Waals surface area contributed by atoms with Crippen molar-refractivity contribution >= 4 is 56.0 Å². The normalized spacial score (nSPS) is 14.5. The van der Waals surface area contributed by atoms with Gasteiger partial charge in [0.1, 0.15) is 16.9 Å². The molecule has 0 fully saturated rings. The van der Waals surface area contributed by atoms with Gasteiger partial charge in [-0.1, -0.05) is 35.3 Å². The summed E-state index contributed by atoms with van der Waals surface area (Å²) in [4.78, 5) is 8.09. The number of rotatable bonds is 6.